The zero-order valence-electron chi connectivity index (χ0n) is 17.0. The molecule has 6 heteroatoms. The molecule has 0 fully saturated rings. The summed E-state index contributed by atoms with van der Waals surface area (Å²) >= 11 is 0. The third-order valence-corrected chi connectivity index (χ3v) is 6.18. The van der Waals surface area contributed by atoms with Crippen molar-refractivity contribution in [2.75, 3.05) is 5.32 Å². The van der Waals surface area contributed by atoms with Gasteiger partial charge in [-0.2, -0.15) is 0 Å². The fourth-order valence-corrected chi connectivity index (χ4v) is 4.83. The van der Waals surface area contributed by atoms with Crippen LogP contribution < -0.4 is 5.32 Å². The molecule has 0 saturated heterocycles. The first-order valence-electron chi connectivity index (χ1n) is 10.3. The molecule has 156 valence electrons. The number of hydrogen-bond donors (Lipinski definition) is 2. The molecule has 0 radical (unpaired) electrons. The van der Waals surface area contributed by atoms with E-state index in [1.54, 1.807) is 18.2 Å². The average molecular weight is 408 g/mol. The van der Waals surface area contributed by atoms with E-state index in [1.165, 1.54) is 6.07 Å². The van der Waals surface area contributed by atoms with Gasteiger partial charge < -0.3 is 15.0 Å². The lowest BCUT2D eigenvalue weighted by Crippen LogP contribution is -2.41. The number of nitrogens with one attached hydrogen (secondary N) is 1. The van der Waals surface area contributed by atoms with Gasteiger partial charge >= 0.3 is 5.97 Å². The summed E-state index contributed by atoms with van der Waals surface area (Å²) in [5, 5.41) is 13.2. The Hall–Kier alpha value is -3.15. The van der Waals surface area contributed by atoms with Gasteiger partial charge in [0.2, 0.25) is 5.91 Å². The molecule has 1 aliphatic rings. The van der Waals surface area contributed by atoms with Crippen LogP contribution in [0.1, 0.15) is 37.4 Å². The molecule has 0 spiro atoms. The molecule has 0 aliphatic heterocycles. The third kappa shape index (κ3) is 3.47. The number of carbonyl (C=O) groups is 2. The maximum absolute atomic E-state index is 14.1. The molecule has 1 atom stereocenters. The number of aliphatic carboxylic acids is 1. The van der Waals surface area contributed by atoms with Crippen molar-refractivity contribution < 1.29 is 19.1 Å². The molecule has 1 unspecified atom stereocenters. The summed E-state index contributed by atoms with van der Waals surface area (Å²) in [5.74, 6) is -1.51. The van der Waals surface area contributed by atoms with E-state index in [2.05, 4.69) is 5.32 Å². The highest BCUT2D eigenvalue weighted by atomic mass is 19.1. The van der Waals surface area contributed by atoms with E-state index in [1.807, 2.05) is 35.8 Å². The summed E-state index contributed by atoms with van der Waals surface area (Å²) in [5.41, 5.74) is 2.45. The SMILES string of the molecule is CCCC1(C(=O)Nc2ccccc2F)CCc2c(c3ccccc3n2CC(=O)O)C1. The Kier molecular flexibility index (Phi) is 5.33. The number of amides is 1. The average Bonchev–Trinajstić information content (AvgIpc) is 3.02. The molecule has 30 heavy (non-hydrogen) atoms. The molecular formula is C24H25FN2O3. The van der Waals surface area contributed by atoms with E-state index in [9.17, 15) is 19.1 Å². The monoisotopic (exact) mass is 408 g/mol. The number of rotatable bonds is 6. The minimum Gasteiger partial charge on any atom is -0.480 e. The van der Waals surface area contributed by atoms with Crippen LogP contribution in [0.4, 0.5) is 10.1 Å². The minimum absolute atomic E-state index is 0.0992. The topological polar surface area (TPSA) is 71.3 Å². The second-order valence-electron chi connectivity index (χ2n) is 8.06. The molecule has 5 nitrogen and oxygen atoms in total. The number of hydrogen-bond acceptors (Lipinski definition) is 2. The summed E-state index contributed by atoms with van der Waals surface area (Å²) in [4.78, 5) is 24.8. The van der Waals surface area contributed by atoms with Gasteiger partial charge in [0.25, 0.3) is 0 Å². The minimum atomic E-state index is -0.888. The molecule has 2 aromatic carbocycles. The Balaban J connectivity index is 1.75. The van der Waals surface area contributed by atoms with E-state index in [0.717, 1.165) is 28.6 Å². The summed E-state index contributed by atoms with van der Waals surface area (Å²) in [6.07, 6.45) is 3.24. The van der Waals surface area contributed by atoms with Crippen LogP contribution in [0.15, 0.2) is 48.5 Å². The van der Waals surface area contributed by atoms with Gasteiger partial charge in [-0.15, -0.1) is 0 Å². The lowest BCUT2D eigenvalue weighted by molar-refractivity contribution is -0.137. The normalized spacial score (nSPS) is 18.2. The highest BCUT2D eigenvalue weighted by Crippen LogP contribution is 2.44. The van der Waals surface area contributed by atoms with Crippen LogP contribution in [0, 0.1) is 11.2 Å². The number of carboxylic acids is 1. The van der Waals surface area contributed by atoms with Crippen molar-refractivity contribution >= 4 is 28.5 Å². The highest BCUT2D eigenvalue weighted by molar-refractivity contribution is 5.97. The van der Waals surface area contributed by atoms with Gasteiger partial charge in [0.1, 0.15) is 12.4 Å². The number of fused-ring (bicyclic) bond motifs is 3. The van der Waals surface area contributed by atoms with Crippen molar-refractivity contribution in [1.29, 1.82) is 0 Å². The number of nitrogens with zero attached hydrogens (tertiary/aromatic N) is 1. The second kappa shape index (κ2) is 7.94. The molecule has 1 amide bonds. The molecule has 1 heterocycles. The fourth-order valence-electron chi connectivity index (χ4n) is 4.83. The van der Waals surface area contributed by atoms with Crippen molar-refractivity contribution in [3.63, 3.8) is 0 Å². The van der Waals surface area contributed by atoms with Gasteiger partial charge in [-0.3, -0.25) is 9.59 Å². The van der Waals surface area contributed by atoms with Gasteiger partial charge in [-0.1, -0.05) is 43.7 Å². The zero-order chi connectivity index (χ0) is 21.3. The highest BCUT2D eigenvalue weighted by Gasteiger charge is 2.42. The quantitative estimate of drug-likeness (QED) is 0.617. The summed E-state index contributed by atoms with van der Waals surface area (Å²) < 4.78 is 16.0. The number of benzene rings is 2. The molecule has 0 bridgehead atoms. The van der Waals surface area contributed by atoms with Crippen molar-refractivity contribution in [2.45, 2.75) is 45.6 Å². The van der Waals surface area contributed by atoms with Crippen molar-refractivity contribution in [1.82, 2.24) is 4.57 Å². The van der Waals surface area contributed by atoms with Crippen LogP contribution >= 0.6 is 0 Å². The lowest BCUT2D eigenvalue weighted by atomic mass is 9.69. The van der Waals surface area contributed by atoms with Crippen LogP contribution in [0.5, 0.6) is 0 Å². The molecule has 4 rings (SSSR count). The van der Waals surface area contributed by atoms with Crippen LogP contribution in [-0.2, 0) is 29.0 Å². The van der Waals surface area contributed by atoms with Crippen LogP contribution in [0.25, 0.3) is 10.9 Å². The summed E-state index contributed by atoms with van der Waals surface area (Å²) in [6.45, 7) is 1.94. The maximum Gasteiger partial charge on any atom is 0.323 e. The standard InChI is InChI=1S/C24H25FN2O3/c1-2-12-24(23(30)26-19-9-5-4-8-18(19)25)13-11-21-17(14-24)16-7-3-6-10-20(16)27(21)15-22(28)29/h3-10H,2,11-15H2,1H3,(H,26,30)(H,28,29). The van der Waals surface area contributed by atoms with E-state index >= 15 is 0 Å². The number of carbonyl (C=O) groups excluding carboxylic acids is 1. The first-order chi connectivity index (χ1) is 14.4. The molecule has 1 aromatic heterocycles. The van der Waals surface area contributed by atoms with Gasteiger partial charge in [0, 0.05) is 16.6 Å². The molecule has 0 saturated carbocycles. The van der Waals surface area contributed by atoms with Gasteiger partial charge in [-0.05, 0) is 49.4 Å². The summed E-state index contributed by atoms with van der Waals surface area (Å²) in [7, 11) is 0. The molecular weight excluding hydrogens is 383 g/mol. The predicted octanol–water partition coefficient (Wildman–Crippen LogP) is 4.78. The van der Waals surface area contributed by atoms with Gasteiger partial charge in [-0.25, -0.2) is 4.39 Å². The number of anilines is 1. The molecule has 2 N–H and O–H groups in total. The zero-order valence-corrected chi connectivity index (χ0v) is 17.0. The Labute approximate surface area is 174 Å². The van der Waals surface area contributed by atoms with E-state index in [-0.39, 0.29) is 18.1 Å². The predicted molar refractivity (Wildman–Crippen MR) is 114 cm³/mol. The molecule has 3 aromatic rings. The number of carboxylic acid groups (broad SMARTS) is 1. The van der Waals surface area contributed by atoms with E-state index in [4.69, 9.17) is 0 Å². The van der Waals surface area contributed by atoms with Crippen LogP contribution in [0.2, 0.25) is 0 Å². The van der Waals surface area contributed by atoms with Crippen molar-refractivity contribution in [3.05, 3.63) is 65.6 Å². The van der Waals surface area contributed by atoms with Crippen LogP contribution in [-0.4, -0.2) is 21.6 Å². The maximum atomic E-state index is 14.1. The van der Waals surface area contributed by atoms with Crippen molar-refractivity contribution in [3.8, 4) is 0 Å². The first kappa shape index (κ1) is 20.1. The third-order valence-electron chi connectivity index (χ3n) is 6.18. The Morgan fingerprint density at radius 2 is 1.90 bits per heavy atom. The van der Waals surface area contributed by atoms with Crippen LogP contribution in [0.3, 0.4) is 0 Å². The van der Waals surface area contributed by atoms with E-state index < -0.39 is 17.2 Å². The second-order valence-corrected chi connectivity index (χ2v) is 8.06. The Morgan fingerprint density at radius 3 is 2.63 bits per heavy atom. The largest absolute Gasteiger partial charge is 0.480 e. The Bertz CT molecular complexity index is 1120. The molecule has 1 aliphatic carbocycles. The smallest absolute Gasteiger partial charge is 0.323 e. The number of halogens is 1. The Morgan fingerprint density at radius 1 is 1.17 bits per heavy atom. The van der Waals surface area contributed by atoms with Gasteiger partial charge in [0.15, 0.2) is 0 Å². The fraction of sp³-hybridized carbons (Fsp3) is 0.333. The number of aromatic nitrogens is 1. The summed E-state index contributed by atoms with van der Waals surface area (Å²) in [6, 6.07) is 13.9. The first-order valence-corrected chi connectivity index (χ1v) is 10.3. The van der Waals surface area contributed by atoms with Gasteiger partial charge in [0.05, 0.1) is 11.1 Å². The lowest BCUT2D eigenvalue weighted by Gasteiger charge is -2.36. The van der Waals surface area contributed by atoms with Crippen molar-refractivity contribution in [2.24, 2.45) is 5.41 Å². The van der Waals surface area contributed by atoms with E-state index in [0.29, 0.717) is 25.7 Å². The number of para-hydroxylation sites is 2.